The average Bonchev–Trinajstić information content (AvgIpc) is 2.86. The van der Waals surface area contributed by atoms with Crippen molar-refractivity contribution in [1.29, 1.82) is 5.26 Å². The third kappa shape index (κ3) is 2.02. The second-order valence-electron chi connectivity index (χ2n) is 3.52. The van der Waals surface area contributed by atoms with Gasteiger partial charge < -0.3 is 14.3 Å². The number of rotatable bonds is 3. The minimum Gasteiger partial charge on any atom is -0.493 e. The fraction of sp³-hybridized carbons (Fsp3) is 0.333. The van der Waals surface area contributed by atoms with Crippen molar-refractivity contribution in [3.05, 3.63) is 23.8 Å². The molecule has 0 N–H and O–H groups in total. The number of nitrogens with zero attached hydrogens (tertiary/aromatic N) is 2. The Hall–Kier alpha value is -2.22. The summed E-state index contributed by atoms with van der Waals surface area (Å²) in [6.07, 6.45) is 0. The van der Waals surface area contributed by atoms with Gasteiger partial charge in [0.15, 0.2) is 11.5 Å². The molecule has 0 aromatic heterocycles. The van der Waals surface area contributed by atoms with Gasteiger partial charge in [0.1, 0.15) is 18.2 Å². The maximum Gasteiger partial charge on any atom is 0.161 e. The molecule has 88 valence electrons. The van der Waals surface area contributed by atoms with Crippen LogP contribution in [-0.4, -0.2) is 26.5 Å². The van der Waals surface area contributed by atoms with Crippen LogP contribution in [0.1, 0.15) is 5.56 Å². The quantitative estimate of drug-likeness (QED) is 0.793. The van der Waals surface area contributed by atoms with Gasteiger partial charge >= 0.3 is 0 Å². The fourth-order valence-corrected chi connectivity index (χ4v) is 1.67. The highest BCUT2D eigenvalue weighted by molar-refractivity contribution is 6.04. The summed E-state index contributed by atoms with van der Waals surface area (Å²) in [5.74, 6) is 0.925. The minimum absolute atomic E-state index is 0.306. The van der Waals surface area contributed by atoms with Crippen LogP contribution < -0.4 is 9.47 Å². The summed E-state index contributed by atoms with van der Waals surface area (Å²) < 4.78 is 10.3. The van der Waals surface area contributed by atoms with Crippen molar-refractivity contribution in [2.24, 2.45) is 11.1 Å². The van der Waals surface area contributed by atoms with E-state index in [4.69, 9.17) is 19.6 Å². The second kappa shape index (κ2) is 4.74. The molecule has 2 rings (SSSR count). The molecule has 0 aliphatic carbocycles. The van der Waals surface area contributed by atoms with E-state index in [1.165, 1.54) is 0 Å². The van der Waals surface area contributed by atoms with Crippen LogP contribution in [0.5, 0.6) is 11.5 Å². The first kappa shape index (κ1) is 11.3. The van der Waals surface area contributed by atoms with Gasteiger partial charge in [-0.05, 0) is 18.2 Å². The van der Waals surface area contributed by atoms with Crippen molar-refractivity contribution < 1.29 is 14.3 Å². The van der Waals surface area contributed by atoms with Gasteiger partial charge in [-0.2, -0.15) is 5.26 Å². The van der Waals surface area contributed by atoms with E-state index in [1.54, 1.807) is 26.4 Å². The van der Waals surface area contributed by atoms with Crippen molar-refractivity contribution in [3.63, 3.8) is 0 Å². The van der Waals surface area contributed by atoms with Gasteiger partial charge in [0.05, 0.1) is 20.3 Å². The molecule has 0 saturated carbocycles. The van der Waals surface area contributed by atoms with Crippen LogP contribution in [0.25, 0.3) is 0 Å². The van der Waals surface area contributed by atoms with Gasteiger partial charge in [-0.1, -0.05) is 5.16 Å². The van der Waals surface area contributed by atoms with Crippen molar-refractivity contribution in [2.45, 2.75) is 0 Å². The van der Waals surface area contributed by atoms with Gasteiger partial charge in [0, 0.05) is 5.56 Å². The van der Waals surface area contributed by atoms with Crippen molar-refractivity contribution in [2.75, 3.05) is 20.8 Å². The fourth-order valence-electron chi connectivity index (χ4n) is 1.67. The van der Waals surface area contributed by atoms with Crippen LogP contribution in [-0.2, 0) is 4.84 Å². The Balaban J connectivity index is 2.37. The van der Waals surface area contributed by atoms with E-state index in [9.17, 15) is 0 Å². The molecule has 1 aromatic carbocycles. The first-order valence-electron chi connectivity index (χ1n) is 5.12. The Labute approximate surface area is 99.2 Å². The smallest absolute Gasteiger partial charge is 0.161 e. The SMILES string of the molecule is COc1ccc(C2=NOCC2C#N)cc1OC. The predicted octanol–water partition coefficient (Wildman–Crippen LogP) is 1.58. The molecular weight excluding hydrogens is 220 g/mol. The maximum absolute atomic E-state index is 8.96. The molecule has 5 nitrogen and oxygen atoms in total. The molecule has 5 heteroatoms. The Morgan fingerprint density at radius 1 is 1.35 bits per heavy atom. The molecule has 0 spiro atoms. The van der Waals surface area contributed by atoms with E-state index < -0.39 is 0 Å². The summed E-state index contributed by atoms with van der Waals surface area (Å²) in [5.41, 5.74) is 1.44. The number of hydrogen-bond donors (Lipinski definition) is 0. The third-order valence-corrected chi connectivity index (χ3v) is 2.57. The highest BCUT2D eigenvalue weighted by Gasteiger charge is 2.25. The summed E-state index contributed by atoms with van der Waals surface area (Å²) in [4.78, 5) is 4.94. The molecule has 1 aliphatic rings. The topological polar surface area (TPSA) is 63.8 Å². The zero-order valence-electron chi connectivity index (χ0n) is 9.64. The summed E-state index contributed by atoms with van der Waals surface area (Å²) in [6.45, 7) is 0.306. The summed E-state index contributed by atoms with van der Waals surface area (Å²) in [6, 6.07) is 7.55. The van der Waals surface area contributed by atoms with Crippen molar-refractivity contribution in [3.8, 4) is 17.6 Å². The van der Waals surface area contributed by atoms with Crippen LogP contribution in [0.2, 0.25) is 0 Å². The number of oxime groups is 1. The van der Waals surface area contributed by atoms with Crippen LogP contribution in [0, 0.1) is 17.2 Å². The van der Waals surface area contributed by atoms with Crippen LogP contribution in [0.4, 0.5) is 0 Å². The zero-order chi connectivity index (χ0) is 12.3. The molecule has 0 amide bonds. The number of methoxy groups -OCH3 is 2. The third-order valence-electron chi connectivity index (χ3n) is 2.57. The second-order valence-corrected chi connectivity index (χ2v) is 3.52. The largest absolute Gasteiger partial charge is 0.493 e. The molecule has 0 fully saturated rings. The van der Waals surface area contributed by atoms with E-state index in [0.717, 1.165) is 5.56 Å². The standard InChI is InChI=1S/C12H12N2O3/c1-15-10-4-3-8(5-11(10)16-2)12-9(6-13)7-17-14-12/h3-5,9H,7H2,1-2H3. The van der Waals surface area contributed by atoms with E-state index in [1.807, 2.05) is 6.07 Å². The first-order valence-corrected chi connectivity index (χ1v) is 5.12. The van der Waals surface area contributed by atoms with E-state index in [0.29, 0.717) is 23.8 Å². The number of hydrogen-bond acceptors (Lipinski definition) is 5. The van der Waals surface area contributed by atoms with Gasteiger partial charge in [-0.25, -0.2) is 0 Å². The lowest BCUT2D eigenvalue weighted by molar-refractivity contribution is 0.163. The maximum atomic E-state index is 8.96. The van der Waals surface area contributed by atoms with E-state index >= 15 is 0 Å². The van der Waals surface area contributed by atoms with Crippen LogP contribution >= 0.6 is 0 Å². The van der Waals surface area contributed by atoms with E-state index in [-0.39, 0.29) is 5.92 Å². The Kier molecular flexibility index (Phi) is 3.15. The minimum atomic E-state index is -0.326. The van der Waals surface area contributed by atoms with Crippen molar-refractivity contribution in [1.82, 2.24) is 0 Å². The lowest BCUT2D eigenvalue weighted by Gasteiger charge is -2.09. The molecule has 1 unspecified atom stereocenters. The molecule has 17 heavy (non-hydrogen) atoms. The van der Waals surface area contributed by atoms with Crippen molar-refractivity contribution >= 4 is 5.71 Å². The molecule has 1 aromatic rings. The van der Waals surface area contributed by atoms with Crippen LogP contribution in [0.3, 0.4) is 0 Å². The molecule has 0 radical (unpaired) electrons. The van der Waals surface area contributed by atoms with Gasteiger partial charge in [0.2, 0.25) is 0 Å². The Bertz CT molecular complexity index is 491. The molecule has 0 saturated heterocycles. The highest BCUT2D eigenvalue weighted by Crippen LogP contribution is 2.29. The van der Waals surface area contributed by atoms with Gasteiger partial charge in [0.25, 0.3) is 0 Å². The van der Waals surface area contributed by atoms with Gasteiger partial charge in [-0.3, -0.25) is 0 Å². The predicted molar refractivity (Wildman–Crippen MR) is 61.1 cm³/mol. The first-order chi connectivity index (χ1) is 8.30. The summed E-state index contributed by atoms with van der Waals surface area (Å²) in [5, 5.41) is 12.8. The summed E-state index contributed by atoms with van der Waals surface area (Å²) in [7, 11) is 3.14. The lowest BCUT2D eigenvalue weighted by atomic mass is 9.99. The lowest BCUT2D eigenvalue weighted by Crippen LogP contribution is -2.12. The Morgan fingerprint density at radius 3 is 2.76 bits per heavy atom. The summed E-state index contributed by atoms with van der Waals surface area (Å²) >= 11 is 0. The molecule has 1 atom stereocenters. The normalized spacial score (nSPS) is 17.9. The Morgan fingerprint density at radius 2 is 2.12 bits per heavy atom. The highest BCUT2D eigenvalue weighted by atomic mass is 16.6. The molecule has 1 heterocycles. The molecular formula is C12H12N2O3. The average molecular weight is 232 g/mol. The van der Waals surface area contributed by atoms with E-state index in [2.05, 4.69) is 11.2 Å². The number of nitriles is 1. The zero-order valence-corrected chi connectivity index (χ0v) is 9.64. The molecule has 1 aliphatic heterocycles. The number of ether oxygens (including phenoxy) is 2. The number of benzene rings is 1. The monoisotopic (exact) mass is 232 g/mol. The van der Waals surface area contributed by atoms with Crippen LogP contribution in [0.15, 0.2) is 23.4 Å². The van der Waals surface area contributed by atoms with Gasteiger partial charge in [-0.15, -0.1) is 0 Å². The molecule has 0 bridgehead atoms.